The summed E-state index contributed by atoms with van der Waals surface area (Å²) in [6.45, 7) is 3.97. The number of carbonyl (C=O) groups excluding carboxylic acids is 1. The zero-order valence-electron chi connectivity index (χ0n) is 17.2. The Morgan fingerprint density at radius 2 is 1.90 bits per heavy atom. The molecular formula is C23H27ClN4O2. The minimum atomic E-state index is -0.0986. The van der Waals surface area contributed by atoms with Gasteiger partial charge in [0.2, 0.25) is 0 Å². The number of rotatable bonds is 5. The summed E-state index contributed by atoms with van der Waals surface area (Å²) >= 11 is 0. The van der Waals surface area contributed by atoms with Crippen molar-refractivity contribution >= 4 is 18.3 Å². The summed E-state index contributed by atoms with van der Waals surface area (Å²) in [5.41, 5.74) is 3.01. The smallest absolute Gasteiger partial charge is 0.255 e. The van der Waals surface area contributed by atoms with Gasteiger partial charge in [-0.3, -0.25) is 4.79 Å². The van der Waals surface area contributed by atoms with Crippen LogP contribution in [-0.2, 0) is 0 Å². The number of amides is 1. The van der Waals surface area contributed by atoms with Gasteiger partial charge in [0.1, 0.15) is 11.4 Å². The Morgan fingerprint density at radius 3 is 2.57 bits per heavy atom. The van der Waals surface area contributed by atoms with E-state index in [0.29, 0.717) is 17.2 Å². The molecule has 2 atom stereocenters. The standard InChI is InChI=1S/C23H26N4O2.ClH/c1-16-12-13-24-14-21(16)25-23(28)20-15-27(18-6-4-3-5-7-18)26-22(20)17-8-10-19(29-2)11-9-17;/h3-11,15-16,21,24H,12-14H2,1-2H3,(H,25,28);1H. The third-order valence-corrected chi connectivity index (χ3v) is 5.49. The molecule has 2 aromatic carbocycles. The number of benzene rings is 2. The number of nitrogens with zero attached hydrogens (tertiary/aromatic N) is 2. The van der Waals surface area contributed by atoms with Crippen molar-refractivity contribution in [2.24, 2.45) is 5.92 Å². The van der Waals surface area contributed by atoms with Gasteiger partial charge in [-0.1, -0.05) is 25.1 Å². The Labute approximate surface area is 183 Å². The zero-order chi connectivity index (χ0) is 20.2. The molecule has 1 aromatic heterocycles. The Hall–Kier alpha value is -2.83. The van der Waals surface area contributed by atoms with Crippen LogP contribution < -0.4 is 15.4 Å². The molecule has 1 aliphatic heterocycles. The van der Waals surface area contributed by atoms with Crippen LogP contribution >= 0.6 is 12.4 Å². The lowest BCUT2D eigenvalue weighted by atomic mass is 9.94. The number of ether oxygens (including phenoxy) is 1. The maximum atomic E-state index is 13.2. The summed E-state index contributed by atoms with van der Waals surface area (Å²) in [6, 6.07) is 17.5. The van der Waals surface area contributed by atoms with Crippen LogP contribution in [0.25, 0.3) is 16.9 Å². The number of carbonyl (C=O) groups is 1. The molecule has 0 bridgehead atoms. The van der Waals surface area contributed by atoms with Gasteiger partial charge in [0.25, 0.3) is 5.91 Å². The maximum absolute atomic E-state index is 13.2. The lowest BCUT2D eigenvalue weighted by Crippen LogP contribution is -2.50. The topological polar surface area (TPSA) is 68.2 Å². The van der Waals surface area contributed by atoms with Crippen molar-refractivity contribution in [1.29, 1.82) is 0 Å². The van der Waals surface area contributed by atoms with Gasteiger partial charge >= 0.3 is 0 Å². The summed E-state index contributed by atoms with van der Waals surface area (Å²) in [6.07, 6.45) is 2.87. The van der Waals surface area contributed by atoms with Gasteiger partial charge in [-0.2, -0.15) is 5.10 Å². The predicted octanol–water partition coefficient (Wildman–Crippen LogP) is 3.70. The molecule has 1 saturated heterocycles. The van der Waals surface area contributed by atoms with E-state index in [0.717, 1.165) is 36.5 Å². The van der Waals surface area contributed by atoms with E-state index >= 15 is 0 Å². The first kappa shape index (κ1) is 21.9. The number of halogens is 1. The molecule has 7 heteroatoms. The van der Waals surface area contributed by atoms with Crippen molar-refractivity contribution in [3.63, 3.8) is 0 Å². The van der Waals surface area contributed by atoms with Crippen LogP contribution in [0, 0.1) is 5.92 Å². The second kappa shape index (κ2) is 9.78. The molecule has 1 amide bonds. The number of hydrogen-bond donors (Lipinski definition) is 2. The summed E-state index contributed by atoms with van der Waals surface area (Å²) in [5.74, 6) is 1.11. The van der Waals surface area contributed by atoms with Gasteiger partial charge in [0, 0.05) is 24.3 Å². The quantitative estimate of drug-likeness (QED) is 0.652. The van der Waals surface area contributed by atoms with Crippen molar-refractivity contribution in [1.82, 2.24) is 20.4 Å². The number of para-hydroxylation sites is 1. The molecule has 158 valence electrons. The molecule has 0 saturated carbocycles. The van der Waals surface area contributed by atoms with E-state index in [4.69, 9.17) is 9.84 Å². The van der Waals surface area contributed by atoms with Gasteiger partial charge in [-0.05, 0) is 55.3 Å². The first-order valence-electron chi connectivity index (χ1n) is 9.97. The Balaban J connectivity index is 0.00000256. The third-order valence-electron chi connectivity index (χ3n) is 5.49. The molecule has 2 N–H and O–H groups in total. The van der Waals surface area contributed by atoms with E-state index in [1.165, 1.54) is 0 Å². The van der Waals surface area contributed by atoms with Gasteiger partial charge in [-0.25, -0.2) is 4.68 Å². The Bertz CT molecular complexity index is 973. The normalized spacial score (nSPS) is 18.3. The average molecular weight is 427 g/mol. The highest BCUT2D eigenvalue weighted by molar-refractivity contribution is 6.00. The summed E-state index contributed by atoms with van der Waals surface area (Å²) in [4.78, 5) is 13.2. The predicted molar refractivity (Wildman–Crippen MR) is 121 cm³/mol. The Kier molecular flexibility index (Phi) is 7.13. The van der Waals surface area contributed by atoms with E-state index in [9.17, 15) is 4.79 Å². The second-order valence-corrected chi connectivity index (χ2v) is 7.45. The molecule has 30 heavy (non-hydrogen) atoms. The molecule has 1 aliphatic rings. The van der Waals surface area contributed by atoms with Crippen LogP contribution in [0.1, 0.15) is 23.7 Å². The molecule has 0 spiro atoms. The molecule has 4 rings (SSSR count). The molecule has 0 aliphatic carbocycles. The van der Waals surface area contributed by atoms with E-state index in [-0.39, 0.29) is 24.4 Å². The Morgan fingerprint density at radius 1 is 1.17 bits per heavy atom. The van der Waals surface area contributed by atoms with Gasteiger partial charge < -0.3 is 15.4 Å². The molecule has 2 heterocycles. The van der Waals surface area contributed by atoms with Crippen molar-refractivity contribution in [3.05, 3.63) is 66.4 Å². The third kappa shape index (κ3) is 4.66. The van der Waals surface area contributed by atoms with Gasteiger partial charge in [-0.15, -0.1) is 12.4 Å². The van der Waals surface area contributed by atoms with Crippen molar-refractivity contribution < 1.29 is 9.53 Å². The first-order chi connectivity index (χ1) is 14.2. The maximum Gasteiger partial charge on any atom is 0.255 e. The van der Waals surface area contributed by atoms with Crippen LogP contribution in [-0.4, -0.2) is 41.9 Å². The fourth-order valence-corrected chi connectivity index (χ4v) is 3.64. The molecule has 6 nitrogen and oxygen atoms in total. The van der Waals surface area contributed by atoms with Gasteiger partial charge in [0.15, 0.2) is 0 Å². The molecule has 2 unspecified atom stereocenters. The molecule has 0 radical (unpaired) electrons. The van der Waals surface area contributed by atoms with E-state index in [1.807, 2.05) is 60.8 Å². The average Bonchev–Trinajstić information content (AvgIpc) is 3.22. The van der Waals surface area contributed by atoms with Crippen LogP contribution in [0.2, 0.25) is 0 Å². The van der Waals surface area contributed by atoms with Crippen LogP contribution in [0.4, 0.5) is 0 Å². The van der Waals surface area contributed by atoms with Crippen LogP contribution in [0.5, 0.6) is 5.75 Å². The SMILES string of the molecule is COc1ccc(-c2nn(-c3ccccc3)cc2C(=O)NC2CNCCC2C)cc1.Cl. The number of piperidine rings is 1. The summed E-state index contributed by atoms with van der Waals surface area (Å²) < 4.78 is 7.02. The number of methoxy groups -OCH3 is 1. The van der Waals surface area contributed by atoms with E-state index in [1.54, 1.807) is 11.8 Å². The van der Waals surface area contributed by atoms with E-state index in [2.05, 4.69) is 17.6 Å². The number of hydrogen-bond acceptors (Lipinski definition) is 4. The number of nitrogens with one attached hydrogen (secondary N) is 2. The van der Waals surface area contributed by atoms with Crippen molar-refractivity contribution in [3.8, 4) is 22.7 Å². The highest BCUT2D eigenvalue weighted by Gasteiger charge is 2.26. The first-order valence-corrected chi connectivity index (χ1v) is 9.97. The lowest BCUT2D eigenvalue weighted by molar-refractivity contribution is 0.0916. The fraction of sp³-hybridized carbons (Fsp3) is 0.304. The summed E-state index contributed by atoms with van der Waals surface area (Å²) in [5, 5.41) is 11.3. The minimum absolute atomic E-state index is 0. The van der Waals surface area contributed by atoms with E-state index < -0.39 is 0 Å². The van der Waals surface area contributed by atoms with Crippen molar-refractivity contribution in [2.45, 2.75) is 19.4 Å². The molecular weight excluding hydrogens is 400 g/mol. The van der Waals surface area contributed by atoms with Crippen LogP contribution in [0.3, 0.4) is 0 Å². The minimum Gasteiger partial charge on any atom is -0.497 e. The van der Waals surface area contributed by atoms with Crippen molar-refractivity contribution in [2.75, 3.05) is 20.2 Å². The lowest BCUT2D eigenvalue weighted by Gasteiger charge is -2.30. The highest BCUT2D eigenvalue weighted by Crippen LogP contribution is 2.26. The number of aromatic nitrogens is 2. The zero-order valence-corrected chi connectivity index (χ0v) is 18.0. The monoisotopic (exact) mass is 426 g/mol. The fourth-order valence-electron chi connectivity index (χ4n) is 3.64. The molecule has 1 fully saturated rings. The molecule has 3 aromatic rings. The largest absolute Gasteiger partial charge is 0.497 e. The van der Waals surface area contributed by atoms with Gasteiger partial charge in [0.05, 0.1) is 18.4 Å². The second-order valence-electron chi connectivity index (χ2n) is 7.45. The summed E-state index contributed by atoms with van der Waals surface area (Å²) in [7, 11) is 1.64. The highest BCUT2D eigenvalue weighted by atomic mass is 35.5. The van der Waals surface area contributed by atoms with Crippen LogP contribution in [0.15, 0.2) is 60.8 Å².